The number of aromatic nitrogens is 4. The van der Waals surface area contributed by atoms with Crippen LogP contribution in [0.3, 0.4) is 0 Å². The van der Waals surface area contributed by atoms with Crippen LogP contribution in [0.4, 0.5) is 23.7 Å². The minimum atomic E-state index is -4.47. The molecule has 4 aromatic rings. The number of fused-ring (bicyclic) bond motifs is 1. The van der Waals surface area contributed by atoms with E-state index in [2.05, 4.69) is 20.5 Å². The zero-order valence-electron chi connectivity index (χ0n) is 16.3. The number of hydrogen-bond donors (Lipinski definition) is 2. The van der Waals surface area contributed by atoms with Gasteiger partial charge in [-0.3, -0.25) is 4.40 Å². The van der Waals surface area contributed by atoms with Gasteiger partial charge in [-0.25, -0.2) is 9.78 Å². The van der Waals surface area contributed by atoms with Gasteiger partial charge >= 0.3 is 12.2 Å². The van der Waals surface area contributed by atoms with E-state index in [9.17, 15) is 18.0 Å². The lowest BCUT2D eigenvalue weighted by atomic mass is 10.1. The molecule has 10 heteroatoms. The number of rotatable bonds is 4. The lowest BCUT2D eigenvalue weighted by Crippen LogP contribution is -2.36. The van der Waals surface area contributed by atoms with Crippen LogP contribution >= 0.6 is 0 Å². The third-order valence-corrected chi connectivity index (χ3v) is 4.57. The van der Waals surface area contributed by atoms with Crippen LogP contribution in [-0.4, -0.2) is 38.3 Å². The molecule has 2 N–H and O–H groups in total. The quantitative estimate of drug-likeness (QED) is 0.505. The molecule has 3 aromatic heterocycles. The Morgan fingerprint density at radius 3 is 2.74 bits per heavy atom. The molecule has 0 aliphatic carbocycles. The van der Waals surface area contributed by atoms with E-state index in [0.29, 0.717) is 11.3 Å². The number of imidazole rings is 1. The van der Waals surface area contributed by atoms with Crippen molar-refractivity contribution in [1.82, 2.24) is 24.9 Å². The topological polar surface area (TPSA) is 84.2 Å². The highest BCUT2D eigenvalue weighted by atomic mass is 19.4. The number of carbonyl (C=O) groups is 1. The first-order valence-electron chi connectivity index (χ1n) is 9.28. The summed E-state index contributed by atoms with van der Waals surface area (Å²) in [7, 11) is 0. The van der Waals surface area contributed by atoms with Gasteiger partial charge in [-0.1, -0.05) is 12.1 Å². The zero-order chi connectivity index (χ0) is 22.0. The molecular weight excluding hydrogens is 409 g/mol. The fraction of sp³-hybridized carbons (Fsp3) is 0.143. The van der Waals surface area contributed by atoms with E-state index >= 15 is 0 Å². The van der Waals surface area contributed by atoms with Gasteiger partial charge in [-0.2, -0.15) is 23.4 Å². The molecular formula is C21H17F3N6O. The standard InChI is InChI=1S/C21H17F3N6O/c1-13-5-7-27-29-19(13)15-6-8-30-17(11-25-18(30)10-15)14-3-2-4-16(9-14)28-20(31)26-12-21(22,23)24/h2-11H,12H2,1H3,(H2,26,28,31). The summed E-state index contributed by atoms with van der Waals surface area (Å²) in [6, 6.07) is 11.5. The van der Waals surface area contributed by atoms with Crippen LogP contribution in [0.2, 0.25) is 0 Å². The predicted octanol–water partition coefficient (Wildman–Crippen LogP) is 4.45. The Balaban J connectivity index is 1.59. The SMILES string of the molecule is Cc1ccnnc1-c1ccn2c(-c3cccc(NC(=O)NCC(F)(F)F)c3)cnc2c1. The second-order valence-electron chi connectivity index (χ2n) is 6.85. The number of carbonyl (C=O) groups excluding carboxylic acids is 1. The largest absolute Gasteiger partial charge is 0.405 e. The number of aryl methyl sites for hydroxylation is 1. The van der Waals surface area contributed by atoms with E-state index in [-0.39, 0.29) is 0 Å². The maximum atomic E-state index is 12.3. The normalized spacial score (nSPS) is 11.5. The number of pyridine rings is 1. The van der Waals surface area contributed by atoms with Gasteiger partial charge in [0.15, 0.2) is 0 Å². The van der Waals surface area contributed by atoms with Crippen molar-refractivity contribution in [2.75, 3.05) is 11.9 Å². The lowest BCUT2D eigenvalue weighted by Gasteiger charge is -2.11. The molecule has 0 aliphatic heterocycles. The molecule has 4 rings (SSSR count). The van der Waals surface area contributed by atoms with Crippen LogP contribution < -0.4 is 10.6 Å². The summed E-state index contributed by atoms with van der Waals surface area (Å²) in [5, 5.41) is 12.3. The number of nitrogens with zero attached hydrogens (tertiary/aromatic N) is 4. The van der Waals surface area contributed by atoms with E-state index in [1.54, 1.807) is 35.9 Å². The molecule has 3 heterocycles. The van der Waals surface area contributed by atoms with Gasteiger partial charge in [0.25, 0.3) is 0 Å². The number of halogens is 3. The first kappa shape index (κ1) is 20.3. The van der Waals surface area contributed by atoms with E-state index in [4.69, 9.17) is 0 Å². The maximum absolute atomic E-state index is 12.3. The third-order valence-electron chi connectivity index (χ3n) is 4.57. The van der Waals surface area contributed by atoms with Crippen LogP contribution in [0.25, 0.3) is 28.2 Å². The highest BCUT2D eigenvalue weighted by molar-refractivity contribution is 5.90. The van der Waals surface area contributed by atoms with Gasteiger partial charge in [-0.15, -0.1) is 0 Å². The molecule has 0 fully saturated rings. The van der Waals surface area contributed by atoms with Crippen LogP contribution in [0, 0.1) is 6.92 Å². The smallest absolute Gasteiger partial charge is 0.329 e. The van der Waals surface area contributed by atoms with Crippen LogP contribution in [0.5, 0.6) is 0 Å². The molecule has 2 amide bonds. The Kier molecular flexibility index (Phi) is 5.28. The maximum Gasteiger partial charge on any atom is 0.405 e. The summed E-state index contributed by atoms with van der Waals surface area (Å²) in [5.74, 6) is 0. The first-order valence-corrected chi connectivity index (χ1v) is 9.28. The first-order chi connectivity index (χ1) is 14.8. The summed E-state index contributed by atoms with van der Waals surface area (Å²) < 4.78 is 38.6. The number of urea groups is 1. The number of anilines is 1. The number of hydrogen-bond acceptors (Lipinski definition) is 4. The molecule has 158 valence electrons. The fourth-order valence-corrected chi connectivity index (χ4v) is 3.13. The van der Waals surface area contributed by atoms with Crippen LogP contribution in [-0.2, 0) is 0 Å². The second-order valence-corrected chi connectivity index (χ2v) is 6.85. The Bertz CT molecular complexity index is 1250. The average Bonchev–Trinajstić information content (AvgIpc) is 3.16. The van der Waals surface area contributed by atoms with E-state index < -0.39 is 18.8 Å². The molecule has 0 spiro atoms. The number of alkyl halides is 3. The molecule has 0 radical (unpaired) electrons. The van der Waals surface area contributed by atoms with Gasteiger partial charge in [0.1, 0.15) is 12.2 Å². The molecule has 0 unspecified atom stereocenters. The zero-order valence-corrected chi connectivity index (χ0v) is 16.3. The summed E-state index contributed by atoms with van der Waals surface area (Å²) in [5.41, 5.74) is 5.20. The summed E-state index contributed by atoms with van der Waals surface area (Å²) >= 11 is 0. The van der Waals surface area contributed by atoms with E-state index in [0.717, 1.165) is 28.1 Å². The summed E-state index contributed by atoms with van der Waals surface area (Å²) in [6.07, 6.45) is 0.705. The van der Waals surface area contributed by atoms with Crippen molar-refractivity contribution in [1.29, 1.82) is 0 Å². The number of benzene rings is 1. The molecule has 31 heavy (non-hydrogen) atoms. The van der Waals surface area contributed by atoms with Crippen molar-refractivity contribution >= 4 is 17.4 Å². The molecule has 0 aliphatic rings. The molecule has 1 aromatic carbocycles. The van der Waals surface area contributed by atoms with Crippen LogP contribution in [0.1, 0.15) is 5.56 Å². The fourth-order valence-electron chi connectivity index (χ4n) is 3.13. The highest BCUT2D eigenvalue weighted by Crippen LogP contribution is 2.27. The van der Waals surface area contributed by atoms with Crippen molar-refractivity contribution in [3.05, 3.63) is 66.6 Å². The van der Waals surface area contributed by atoms with Gasteiger partial charge in [-0.05, 0) is 42.8 Å². The highest BCUT2D eigenvalue weighted by Gasteiger charge is 2.27. The summed E-state index contributed by atoms with van der Waals surface area (Å²) in [6.45, 7) is 0.550. The van der Waals surface area contributed by atoms with Gasteiger partial charge < -0.3 is 10.6 Å². The van der Waals surface area contributed by atoms with Crippen molar-refractivity contribution in [2.24, 2.45) is 0 Å². The van der Waals surface area contributed by atoms with Crippen molar-refractivity contribution in [3.8, 4) is 22.5 Å². The predicted molar refractivity (Wildman–Crippen MR) is 109 cm³/mol. The van der Waals surface area contributed by atoms with Gasteiger partial charge in [0.05, 0.1) is 17.6 Å². The van der Waals surface area contributed by atoms with Crippen molar-refractivity contribution < 1.29 is 18.0 Å². The third kappa shape index (κ3) is 4.63. The Morgan fingerprint density at radius 2 is 1.97 bits per heavy atom. The molecule has 0 atom stereocenters. The Hall–Kier alpha value is -3.95. The lowest BCUT2D eigenvalue weighted by molar-refractivity contribution is -0.122. The Labute approximate surface area is 175 Å². The monoisotopic (exact) mass is 426 g/mol. The van der Waals surface area contributed by atoms with Crippen LogP contribution in [0.15, 0.2) is 61.1 Å². The molecule has 0 saturated carbocycles. The number of amides is 2. The molecule has 7 nitrogen and oxygen atoms in total. The molecule has 0 bridgehead atoms. The average molecular weight is 426 g/mol. The minimum absolute atomic E-state index is 0.360. The Morgan fingerprint density at radius 1 is 1.13 bits per heavy atom. The van der Waals surface area contributed by atoms with E-state index in [1.807, 2.05) is 41.8 Å². The van der Waals surface area contributed by atoms with E-state index in [1.165, 1.54) is 0 Å². The second kappa shape index (κ2) is 8.05. The van der Waals surface area contributed by atoms with Gasteiger partial charge in [0, 0.05) is 29.2 Å². The van der Waals surface area contributed by atoms with Crippen molar-refractivity contribution in [3.63, 3.8) is 0 Å². The molecule has 0 saturated heterocycles. The van der Waals surface area contributed by atoms with Crippen molar-refractivity contribution in [2.45, 2.75) is 13.1 Å². The summed E-state index contributed by atoms with van der Waals surface area (Å²) in [4.78, 5) is 16.2. The minimum Gasteiger partial charge on any atom is -0.329 e. The van der Waals surface area contributed by atoms with Gasteiger partial charge in [0.2, 0.25) is 0 Å². The number of nitrogens with one attached hydrogen (secondary N) is 2.